The first kappa shape index (κ1) is 38.9. The fraction of sp³-hybridized carbons (Fsp3) is 0.450. The van der Waals surface area contributed by atoms with Gasteiger partial charge in [0.05, 0.1) is 0 Å². The first-order valence-electron chi connectivity index (χ1n) is 17.6. The van der Waals surface area contributed by atoms with Crippen molar-refractivity contribution < 1.29 is 19.2 Å². The van der Waals surface area contributed by atoms with Gasteiger partial charge >= 0.3 is 0 Å². The molecule has 264 valence electrons. The quantitative estimate of drug-likeness (QED) is 0.144. The number of nitrogens with zero attached hydrogens (tertiary/aromatic N) is 1. The van der Waals surface area contributed by atoms with Gasteiger partial charge in [0.1, 0.15) is 6.04 Å². The molecule has 0 heterocycles. The lowest BCUT2D eigenvalue weighted by Crippen LogP contribution is -2.53. The summed E-state index contributed by atoms with van der Waals surface area (Å²) in [5.41, 5.74) is 10.7. The molecule has 4 atom stereocenters. The van der Waals surface area contributed by atoms with E-state index in [1.807, 2.05) is 88.0 Å². The standard InChI is InChI=1S/C40H55N5O4/c1-7-20-45(21-8-2)40(49)33-19-13-18-32(25-33)38(47)43-35(24-31-17-12-14-28(5)22-31)34(41)23-29(6)37(46)44-36(27(3)4)39(48)42-26-30-15-10-9-11-16-30/h9-19,22,25,27,29,34-36H,7-8,20-21,23-24,26,41H2,1-6H3,(H,42,48)(H,43,47)(H,44,46)/t29-,34+,35+,36+/m1/s1. The molecular formula is C40H55N5O4. The minimum Gasteiger partial charge on any atom is -0.350 e. The summed E-state index contributed by atoms with van der Waals surface area (Å²) in [6.45, 7) is 13.3. The molecule has 0 unspecified atom stereocenters. The van der Waals surface area contributed by atoms with Crippen LogP contribution in [0.1, 0.15) is 91.3 Å². The van der Waals surface area contributed by atoms with Crippen molar-refractivity contribution in [2.45, 2.75) is 91.9 Å². The summed E-state index contributed by atoms with van der Waals surface area (Å²) in [5.74, 6) is -1.63. The molecule has 3 aromatic carbocycles. The number of hydrogen-bond acceptors (Lipinski definition) is 5. The van der Waals surface area contributed by atoms with Crippen LogP contribution in [0.5, 0.6) is 0 Å². The Bertz CT molecular complexity index is 1520. The zero-order chi connectivity index (χ0) is 35.9. The fourth-order valence-corrected chi connectivity index (χ4v) is 5.89. The van der Waals surface area contributed by atoms with Crippen LogP contribution in [0.4, 0.5) is 0 Å². The average Bonchev–Trinajstić information content (AvgIpc) is 3.09. The number of rotatable bonds is 18. The Morgan fingerprint density at radius 1 is 0.755 bits per heavy atom. The minimum atomic E-state index is -0.710. The molecule has 9 nitrogen and oxygen atoms in total. The average molecular weight is 670 g/mol. The van der Waals surface area contributed by atoms with Gasteiger partial charge in [0.25, 0.3) is 11.8 Å². The number of nitrogens with one attached hydrogen (secondary N) is 3. The third-order valence-electron chi connectivity index (χ3n) is 8.65. The number of hydrogen-bond donors (Lipinski definition) is 4. The molecule has 0 aliphatic heterocycles. The van der Waals surface area contributed by atoms with E-state index in [-0.39, 0.29) is 36.0 Å². The van der Waals surface area contributed by atoms with Crippen molar-refractivity contribution in [3.05, 3.63) is 107 Å². The van der Waals surface area contributed by atoms with E-state index in [1.54, 1.807) is 31.2 Å². The number of carbonyl (C=O) groups excluding carboxylic acids is 4. The van der Waals surface area contributed by atoms with Gasteiger partial charge in [0, 0.05) is 48.8 Å². The molecule has 0 aliphatic carbocycles. The summed E-state index contributed by atoms with van der Waals surface area (Å²) < 4.78 is 0. The second kappa shape index (κ2) is 19.5. The number of benzene rings is 3. The van der Waals surface area contributed by atoms with Crippen molar-refractivity contribution in [3.63, 3.8) is 0 Å². The van der Waals surface area contributed by atoms with E-state index in [4.69, 9.17) is 5.73 Å². The van der Waals surface area contributed by atoms with Gasteiger partial charge in [-0.1, -0.05) is 101 Å². The predicted octanol–water partition coefficient (Wildman–Crippen LogP) is 5.41. The van der Waals surface area contributed by atoms with Gasteiger partial charge < -0.3 is 26.6 Å². The summed E-state index contributed by atoms with van der Waals surface area (Å²) in [6.07, 6.45) is 2.43. The van der Waals surface area contributed by atoms with E-state index in [0.717, 1.165) is 29.5 Å². The van der Waals surface area contributed by atoms with Crippen molar-refractivity contribution in [1.82, 2.24) is 20.9 Å². The maximum Gasteiger partial charge on any atom is 0.253 e. The molecule has 0 aliphatic rings. The molecule has 0 fully saturated rings. The predicted molar refractivity (Wildman–Crippen MR) is 196 cm³/mol. The van der Waals surface area contributed by atoms with E-state index in [0.29, 0.717) is 37.2 Å². The van der Waals surface area contributed by atoms with Crippen molar-refractivity contribution in [1.29, 1.82) is 0 Å². The molecule has 0 aromatic heterocycles. The van der Waals surface area contributed by atoms with Gasteiger partial charge in [-0.2, -0.15) is 0 Å². The van der Waals surface area contributed by atoms with Crippen LogP contribution in [0.3, 0.4) is 0 Å². The smallest absolute Gasteiger partial charge is 0.253 e. The topological polar surface area (TPSA) is 134 Å². The third kappa shape index (κ3) is 12.2. The van der Waals surface area contributed by atoms with Crippen molar-refractivity contribution >= 4 is 23.6 Å². The Hall–Kier alpha value is -4.50. The lowest BCUT2D eigenvalue weighted by atomic mass is 9.91. The van der Waals surface area contributed by atoms with E-state index in [9.17, 15) is 19.2 Å². The van der Waals surface area contributed by atoms with Gasteiger partial charge in [-0.15, -0.1) is 0 Å². The Labute approximate surface area is 292 Å². The first-order chi connectivity index (χ1) is 23.4. The second-order valence-electron chi connectivity index (χ2n) is 13.4. The summed E-state index contributed by atoms with van der Waals surface area (Å²) in [4.78, 5) is 55.3. The van der Waals surface area contributed by atoms with E-state index in [2.05, 4.69) is 22.0 Å². The van der Waals surface area contributed by atoms with Gasteiger partial charge in [-0.3, -0.25) is 19.2 Å². The van der Waals surface area contributed by atoms with Gasteiger partial charge in [0.2, 0.25) is 11.8 Å². The number of aryl methyl sites for hydroxylation is 1. The van der Waals surface area contributed by atoms with E-state index >= 15 is 0 Å². The summed E-state index contributed by atoms with van der Waals surface area (Å²) in [7, 11) is 0. The van der Waals surface area contributed by atoms with Crippen molar-refractivity contribution in [3.8, 4) is 0 Å². The van der Waals surface area contributed by atoms with Crippen LogP contribution in [0.15, 0.2) is 78.9 Å². The van der Waals surface area contributed by atoms with Gasteiger partial charge in [0.15, 0.2) is 0 Å². The molecule has 0 radical (unpaired) electrons. The van der Waals surface area contributed by atoms with Crippen LogP contribution in [0, 0.1) is 18.8 Å². The Balaban J connectivity index is 1.74. The fourth-order valence-electron chi connectivity index (χ4n) is 5.89. The van der Waals surface area contributed by atoms with Gasteiger partial charge in [-0.05, 0) is 67.9 Å². The molecule has 9 heteroatoms. The lowest BCUT2D eigenvalue weighted by molar-refractivity contribution is -0.132. The Morgan fingerprint density at radius 2 is 1.39 bits per heavy atom. The monoisotopic (exact) mass is 669 g/mol. The van der Waals surface area contributed by atoms with Crippen LogP contribution in [0.25, 0.3) is 0 Å². The van der Waals surface area contributed by atoms with Crippen LogP contribution >= 0.6 is 0 Å². The minimum absolute atomic E-state index is 0.0975. The summed E-state index contributed by atoms with van der Waals surface area (Å²) >= 11 is 0. The highest BCUT2D eigenvalue weighted by Crippen LogP contribution is 2.17. The zero-order valence-electron chi connectivity index (χ0n) is 30.0. The molecule has 0 bridgehead atoms. The van der Waals surface area contributed by atoms with Crippen LogP contribution < -0.4 is 21.7 Å². The highest BCUT2D eigenvalue weighted by Gasteiger charge is 2.29. The molecular weight excluding hydrogens is 614 g/mol. The SMILES string of the molecule is CCCN(CCC)C(=O)c1cccc(C(=O)N[C@@H](Cc2cccc(C)c2)[C@@H](N)C[C@@H](C)C(=O)N[C@H](C(=O)NCc2ccccc2)C(C)C)c1. The first-order valence-corrected chi connectivity index (χ1v) is 17.6. The number of amides is 4. The maximum atomic E-state index is 13.7. The third-order valence-corrected chi connectivity index (χ3v) is 8.65. The van der Waals surface area contributed by atoms with Crippen molar-refractivity contribution in [2.75, 3.05) is 13.1 Å². The summed E-state index contributed by atoms with van der Waals surface area (Å²) in [6, 6.07) is 22.6. The zero-order valence-corrected chi connectivity index (χ0v) is 30.0. The normalized spacial score (nSPS) is 13.6. The molecule has 5 N–H and O–H groups in total. The summed E-state index contributed by atoms with van der Waals surface area (Å²) in [5, 5.41) is 8.98. The number of nitrogens with two attached hydrogens (primary N) is 1. The highest BCUT2D eigenvalue weighted by atomic mass is 16.2. The van der Waals surface area contributed by atoms with Crippen LogP contribution in [-0.4, -0.2) is 59.7 Å². The largest absolute Gasteiger partial charge is 0.350 e. The molecule has 49 heavy (non-hydrogen) atoms. The molecule has 0 saturated carbocycles. The maximum absolute atomic E-state index is 13.7. The molecule has 3 rings (SSSR count). The Morgan fingerprint density at radius 3 is 2.02 bits per heavy atom. The van der Waals surface area contributed by atoms with Crippen LogP contribution in [0.2, 0.25) is 0 Å². The van der Waals surface area contributed by atoms with Crippen molar-refractivity contribution in [2.24, 2.45) is 17.6 Å². The molecule has 3 aromatic rings. The van der Waals surface area contributed by atoms with Gasteiger partial charge in [-0.25, -0.2) is 0 Å². The second-order valence-corrected chi connectivity index (χ2v) is 13.4. The number of carbonyl (C=O) groups is 4. The molecule has 4 amide bonds. The van der Waals surface area contributed by atoms with Crippen LogP contribution in [-0.2, 0) is 22.6 Å². The van der Waals surface area contributed by atoms with E-state index in [1.165, 1.54) is 0 Å². The molecule has 0 saturated heterocycles. The van der Waals surface area contributed by atoms with E-state index < -0.39 is 24.0 Å². The Kier molecular flexibility index (Phi) is 15.5. The molecule has 0 spiro atoms. The lowest BCUT2D eigenvalue weighted by Gasteiger charge is -2.29. The highest BCUT2D eigenvalue weighted by molar-refractivity contribution is 5.99.